The fraction of sp³-hybridized carbons (Fsp3) is 0.375. The molecule has 1 aliphatic rings. The second-order valence-electron chi connectivity index (χ2n) is 8.21. The summed E-state index contributed by atoms with van der Waals surface area (Å²) in [6.45, 7) is 4.50. The molecule has 184 valence electrons. The van der Waals surface area contributed by atoms with Gasteiger partial charge in [0.25, 0.3) is 0 Å². The van der Waals surface area contributed by atoms with E-state index in [4.69, 9.17) is 9.84 Å². The van der Waals surface area contributed by atoms with Crippen LogP contribution < -0.4 is 9.64 Å². The van der Waals surface area contributed by atoms with E-state index in [0.717, 1.165) is 18.5 Å². The van der Waals surface area contributed by atoms with E-state index in [9.17, 15) is 17.6 Å². The van der Waals surface area contributed by atoms with Gasteiger partial charge in [-0.2, -0.15) is 8.70 Å². The Labute approximate surface area is 208 Å². The van der Waals surface area contributed by atoms with Crippen LogP contribution in [0.3, 0.4) is 0 Å². The van der Waals surface area contributed by atoms with Crippen molar-refractivity contribution >= 4 is 43.3 Å². The lowest BCUT2D eigenvalue weighted by Gasteiger charge is -2.41. The van der Waals surface area contributed by atoms with E-state index in [0.29, 0.717) is 35.8 Å². The molecule has 0 bridgehead atoms. The Balaban J connectivity index is 2.26. The SMILES string of the molecule is CCCCC1(CC)CN(c2ccccc2)c2cc(Br)c(O/C=C(\F)C(=O)O)cc2S(=O)(=O)N1C. The molecule has 1 atom stereocenters. The van der Waals surface area contributed by atoms with Crippen molar-refractivity contribution in [3.8, 4) is 5.75 Å². The van der Waals surface area contributed by atoms with E-state index in [2.05, 4.69) is 22.9 Å². The first kappa shape index (κ1) is 26.2. The number of nitrogens with zero attached hydrogens (tertiary/aromatic N) is 2. The second kappa shape index (κ2) is 10.5. The predicted molar refractivity (Wildman–Crippen MR) is 133 cm³/mol. The van der Waals surface area contributed by atoms with Gasteiger partial charge in [-0.1, -0.05) is 44.9 Å². The highest BCUT2D eigenvalue weighted by Crippen LogP contribution is 2.46. The number of hydrogen-bond acceptors (Lipinski definition) is 5. The minimum absolute atomic E-state index is 0.00647. The van der Waals surface area contributed by atoms with Gasteiger partial charge in [0.15, 0.2) is 0 Å². The Kier molecular flexibility index (Phi) is 8.05. The maximum Gasteiger partial charge on any atom is 0.368 e. The second-order valence-corrected chi connectivity index (χ2v) is 11.0. The molecule has 0 saturated carbocycles. The number of likely N-dealkylation sites (N-methyl/N-ethyl adjacent to an activating group) is 1. The highest BCUT2D eigenvalue weighted by atomic mass is 79.9. The van der Waals surface area contributed by atoms with Crippen molar-refractivity contribution in [3.63, 3.8) is 0 Å². The summed E-state index contributed by atoms with van der Waals surface area (Å²) < 4.78 is 48.3. The standard InChI is InChI=1S/C24H28BrFN2O5S/c1-4-6-12-24(5-2)16-28(17-10-8-7-9-11-17)20-13-18(25)21(33-15-19(26)23(29)30)14-22(20)34(31,32)27(24)3/h7-11,13-15H,4-6,12,16H2,1-3H3,(H,29,30)/b19-15-. The monoisotopic (exact) mass is 554 g/mol. The average Bonchev–Trinajstić information content (AvgIpc) is 2.89. The van der Waals surface area contributed by atoms with Crippen molar-refractivity contribution in [3.05, 3.63) is 59.0 Å². The van der Waals surface area contributed by atoms with Crippen molar-refractivity contribution < 1.29 is 27.4 Å². The number of rotatable bonds is 8. The molecule has 1 heterocycles. The third-order valence-electron chi connectivity index (χ3n) is 6.28. The zero-order valence-corrected chi connectivity index (χ0v) is 21.7. The third-order valence-corrected chi connectivity index (χ3v) is 8.89. The highest BCUT2D eigenvalue weighted by molar-refractivity contribution is 9.10. The number of halogens is 2. The van der Waals surface area contributed by atoms with E-state index in [1.54, 1.807) is 13.1 Å². The highest BCUT2D eigenvalue weighted by Gasteiger charge is 2.46. The Morgan fingerprint density at radius 1 is 1.26 bits per heavy atom. The summed E-state index contributed by atoms with van der Waals surface area (Å²) in [5.74, 6) is -3.30. The van der Waals surface area contributed by atoms with Crippen LogP contribution in [0.1, 0.15) is 39.5 Å². The van der Waals surface area contributed by atoms with E-state index < -0.39 is 27.4 Å². The van der Waals surface area contributed by atoms with Gasteiger partial charge >= 0.3 is 5.97 Å². The molecule has 10 heteroatoms. The van der Waals surface area contributed by atoms with Crippen molar-refractivity contribution in [2.45, 2.75) is 50.0 Å². The summed E-state index contributed by atoms with van der Waals surface area (Å²) in [7, 11) is -2.39. The van der Waals surface area contributed by atoms with Crippen LogP contribution in [-0.4, -0.2) is 42.9 Å². The van der Waals surface area contributed by atoms with E-state index in [-0.39, 0.29) is 10.6 Å². The molecule has 7 nitrogen and oxygen atoms in total. The number of aliphatic carboxylic acids is 1. The summed E-state index contributed by atoms with van der Waals surface area (Å²) in [4.78, 5) is 12.8. The molecule has 1 aliphatic heterocycles. The minimum atomic E-state index is -3.98. The van der Waals surface area contributed by atoms with Crippen LogP contribution in [0.4, 0.5) is 15.8 Å². The molecule has 0 amide bonds. The minimum Gasteiger partial charge on any atom is -0.476 e. The first-order chi connectivity index (χ1) is 16.1. The first-order valence-electron chi connectivity index (χ1n) is 11.0. The molecule has 0 aromatic heterocycles. The van der Waals surface area contributed by atoms with Crippen LogP contribution in [-0.2, 0) is 14.8 Å². The number of carbonyl (C=O) groups is 1. The van der Waals surface area contributed by atoms with Crippen LogP contribution in [0.25, 0.3) is 0 Å². The molecule has 1 N–H and O–H groups in total. The van der Waals surface area contributed by atoms with Crippen molar-refractivity contribution in [1.82, 2.24) is 4.31 Å². The van der Waals surface area contributed by atoms with Crippen molar-refractivity contribution in [2.24, 2.45) is 0 Å². The van der Waals surface area contributed by atoms with Crippen LogP contribution in [0.2, 0.25) is 0 Å². The van der Waals surface area contributed by atoms with Gasteiger partial charge in [0.1, 0.15) is 16.9 Å². The van der Waals surface area contributed by atoms with Crippen LogP contribution in [0.5, 0.6) is 5.75 Å². The molecule has 2 aromatic rings. The zero-order chi connectivity index (χ0) is 25.1. The van der Waals surface area contributed by atoms with E-state index in [1.807, 2.05) is 42.2 Å². The van der Waals surface area contributed by atoms with E-state index in [1.165, 1.54) is 10.4 Å². The number of sulfonamides is 1. The zero-order valence-electron chi connectivity index (χ0n) is 19.3. The van der Waals surface area contributed by atoms with Gasteiger partial charge in [-0.3, -0.25) is 0 Å². The number of hydrogen-bond donors (Lipinski definition) is 1. The molecule has 0 saturated heterocycles. The summed E-state index contributed by atoms with van der Waals surface area (Å²) in [5, 5.41) is 8.75. The summed E-state index contributed by atoms with van der Waals surface area (Å²) >= 11 is 3.37. The Hall–Kier alpha value is -2.43. The molecule has 34 heavy (non-hydrogen) atoms. The summed E-state index contributed by atoms with van der Waals surface area (Å²) in [6.07, 6.45) is 3.53. The Morgan fingerprint density at radius 2 is 1.94 bits per heavy atom. The number of carboxylic acids is 1. The molecule has 0 radical (unpaired) electrons. The lowest BCUT2D eigenvalue weighted by molar-refractivity contribution is -0.134. The number of unbranched alkanes of at least 4 members (excludes halogenated alkanes) is 1. The molecule has 3 rings (SSSR count). The maximum absolute atomic E-state index is 13.9. The fourth-order valence-corrected chi connectivity index (χ4v) is 6.37. The Bertz CT molecular complexity index is 1190. The van der Waals surface area contributed by atoms with Crippen LogP contribution >= 0.6 is 15.9 Å². The smallest absolute Gasteiger partial charge is 0.368 e. The number of anilines is 2. The summed E-state index contributed by atoms with van der Waals surface area (Å²) in [5.41, 5.74) is 0.625. The Morgan fingerprint density at radius 3 is 2.53 bits per heavy atom. The largest absolute Gasteiger partial charge is 0.476 e. The van der Waals surface area contributed by atoms with Gasteiger partial charge in [0, 0.05) is 25.3 Å². The molecule has 0 spiro atoms. The van der Waals surface area contributed by atoms with Gasteiger partial charge in [-0.05, 0) is 47.0 Å². The summed E-state index contributed by atoms with van der Waals surface area (Å²) in [6, 6.07) is 12.4. The quantitative estimate of drug-likeness (QED) is 0.326. The normalized spacial score (nSPS) is 20.5. The third kappa shape index (κ3) is 4.99. The molecule has 0 fully saturated rings. The van der Waals surface area contributed by atoms with Gasteiger partial charge in [-0.15, -0.1) is 0 Å². The van der Waals surface area contributed by atoms with E-state index >= 15 is 0 Å². The first-order valence-corrected chi connectivity index (χ1v) is 13.2. The van der Waals surface area contributed by atoms with Gasteiger partial charge in [0.05, 0.1) is 15.7 Å². The lowest BCUT2D eigenvalue weighted by Crippen LogP contribution is -2.53. The predicted octanol–water partition coefficient (Wildman–Crippen LogP) is 5.83. The maximum atomic E-state index is 13.9. The number of fused-ring (bicyclic) bond motifs is 1. The number of ether oxygens (including phenoxy) is 1. The van der Waals surface area contributed by atoms with Gasteiger partial charge in [0.2, 0.25) is 15.9 Å². The molecule has 1 unspecified atom stereocenters. The van der Waals surface area contributed by atoms with Crippen molar-refractivity contribution in [1.29, 1.82) is 0 Å². The molecular weight excluding hydrogens is 527 g/mol. The van der Waals surface area contributed by atoms with Gasteiger partial charge in [-0.25, -0.2) is 13.2 Å². The van der Waals surface area contributed by atoms with Gasteiger partial charge < -0.3 is 14.7 Å². The number of benzene rings is 2. The fourth-order valence-electron chi connectivity index (χ4n) is 4.17. The molecular formula is C24H28BrFN2O5S. The lowest BCUT2D eigenvalue weighted by atomic mass is 9.88. The van der Waals surface area contributed by atoms with Crippen LogP contribution in [0.15, 0.2) is 63.9 Å². The number of para-hydroxylation sites is 1. The molecule has 2 aromatic carbocycles. The van der Waals surface area contributed by atoms with Crippen molar-refractivity contribution in [2.75, 3.05) is 18.5 Å². The average molecular weight is 555 g/mol. The molecule has 0 aliphatic carbocycles. The topological polar surface area (TPSA) is 87.1 Å². The van der Waals surface area contributed by atoms with Crippen LogP contribution in [0, 0.1) is 0 Å². The number of carboxylic acid groups (broad SMARTS) is 1.